The lowest BCUT2D eigenvalue weighted by molar-refractivity contribution is -0.110. The molecule has 0 fully saturated rings. The Balaban J connectivity index is 1.46. The molecular weight excluding hydrogens is 410 g/mol. The van der Waals surface area contributed by atoms with E-state index >= 15 is 0 Å². The van der Waals surface area contributed by atoms with Crippen LogP contribution in [0, 0.1) is 0 Å². The topological polar surface area (TPSA) is 76.4 Å². The molecule has 1 aliphatic heterocycles. The van der Waals surface area contributed by atoms with Crippen LogP contribution in [0.1, 0.15) is 16.7 Å². The van der Waals surface area contributed by atoms with Crippen LogP contribution in [0.25, 0.3) is 11.3 Å². The largest absolute Gasteiger partial charge is 0.489 e. The van der Waals surface area contributed by atoms with Crippen molar-refractivity contribution in [1.29, 1.82) is 0 Å². The molecular formula is C28H23N3O2. The lowest BCUT2D eigenvalue weighted by atomic mass is 9.99. The number of benzene rings is 4. The number of fused-ring (bicyclic) bond motifs is 1. The van der Waals surface area contributed by atoms with Crippen LogP contribution in [-0.4, -0.2) is 5.91 Å². The molecule has 0 saturated carbocycles. The average Bonchev–Trinajstić information content (AvgIpc) is 3.18. The van der Waals surface area contributed by atoms with Gasteiger partial charge in [-0.3, -0.25) is 4.79 Å². The molecule has 0 saturated heterocycles. The van der Waals surface area contributed by atoms with Gasteiger partial charge in [-0.25, -0.2) is 0 Å². The summed E-state index contributed by atoms with van der Waals surface area (Å²) >= 11 is 0. The highest BCUT2D eigenvalue weighted by atomic mass is 16.5. The smallest absolute Gasteiger partial charge is 0.258 e. The molecule has 0 aromatic heterocycles. The van der Waals surface area contributed by atoms with Crippen LogP contribution in [0.2, 0.25) is 0 Å². The van der Waals surface area contributed by atoms with E-state index in [0.29, 0.717) is 17.9 Å². The van der Waals surface area contributed by atoms with E-state index < -0.39 is 0 Å². The van der Waals surface area contributed by atoms with E-state index in [4.69, 9.17) is 10.5 Å². The lowest BCUT2D eigenvalue weighted by Gasteiger charge is -2.15. The number of nitrogens with two attached hydrogens (primary N) is 1. The van der Waals surface area contributed by atoms with Gasteiger partial charge < -0.3 is 21.1 Å². The Morgan fingerprint density at radius 1 is 0.848 bits per heavy atom. The second-order valence-corrected chi connectivity index (χ2v) is 7.80. The van der Waals surface area contributed by atoms with E-state index in [1.807, 2.05) is 97.1 Å². The SMILES string of the molecule is Nc1ccc2c(c1)C(=C(Nc1ccc(OCc3ccccc3)cc1)c1ccccc1)C(=O)N2. The highest BCUT2D eigenvalue weighted by Crippen LogP contribution is 2.38. The number of carbonyl (C=O) groups is 1. The van der Waals surface area contributed by atoms with E-state index in [9.17, 15) is 4.79 Å². The van der Waals surface area contributed by atoms with Crippen LogP contribution >= 0.6 is 0 Å². The predicted molar refractivity (Wildman–Crippen MR) is 134 cm³/mol. The molecule has 0 aliphatic carbocycles. The second-order valence-electron chi connectivity index (χ2n) is 7.80. The van der Waals surface area contributed by atoms with E-state index in [2.05, 4.69) is 10.6 Å². The summed E-state index contributed by atoms with van der Waals surface area (Å²) in [5, 5.41) is 6.39. The summed E-state index contributed by atoms with van der Waals surface area (Å²) < 4.78 is 5.90. The van der Waals surface area contributed by atoms with Crippen molar-refractivity contribution in [2.75, 3.05) is 16.4 Å². The molecule has 5 heteroatoms. The molecule has 4 N–H and O–H groups in total. The maximum Gasteiger partial charge on any atom is 0.258 e. The fourth-order valence-electron chi connectivity index (χ4n) is 3.84. The first-order valence-corrected chi connectivity index (χ1v) is 10.7. The fraction of sp³-hybridized carbons (Fsp3) is 0.0357. The van der Waals surface area contributed by atoms with Gasteiger partial charge >= 0.3 is 0 Å². The van der Waals surface area contributed by atoms with Gasteiger partial charge in [0.2, 0.25) is 0 Å². The molecule has 162 valence electrons. The van der Waals surface area contributed by atoms with Crippen LogP contribution in [0.4, 0.5) is 17.1 Å². The Morgan fingerprint density at radius 2 is 1.55 bits per heavy atom. The zero-order valence-corrected chi connectivity index (χ0v) is 17.9. The molecule has 5 rings (SSSR count). The van der Waals surface area contributed by atoms with E-state index in [1.165, 1.54) is 0 Å². The summed E-state index contributed by atoms with van der Waals surface area (Å²) in [4.78, 5) is 13.0. The Bertz CT molecular complexity index is 1310. The van der Waals surface area contributed by atoms with Gasteiger partial charge in [0, 0.05) is 22.6 Å². The molecule has 0 atom stereocenters. The summed E-state index contributed by atoms with van der Waals surface area (Å²) in [6.07, 6.45) is 0. The monoisotopic (exact) mass is 433 g/mol. The van der Waals surface area contributed by atoms with Crippen LogP contribution < -0.4 is 21.1 Å². The molecule has 0 bridgehead atoms. The number of hydrogen-bond acceptors (Lipinski definition) is 4. The van der Waals surface area contributed by atoms with Crippen molar-refractivity contribution in [2.45, 2.75) is 6.61 Å². The van der Waals surface area contributed by atoms with Crippen molar-refractivity contribution in [3.8, 4) is 5.75 Å². The van der Waals surface area contributed by atoms with E-state index in [-0.39, 0.29) is 5.91 Å². The van der Waals surface area contributed by atoms with Crippen molar-refractivity contribution < 1.29 is 9.53 Å². The normalized spacial score (nSPS) is 13.8. The summed E-state index contributed by atoms with van der Waals surface area (Å²) in [6, 6.07) is 33.0. The van der Waals surface area contributed by atoms with E-state index in [1.54, 1.807) is 6.07 Å². The fourth-order valence-corrected chi connectivity index (χ4v) is 3.84. The number of rotatable bonds is 6. The zero-order chi connectivity index (χ0) is 22.6. The van der Waals surface area contributed by atoms with E-state index in [0.717, 1.165) is 39.5 Å². The van der Waals surface area contributed by atoms with Gasteiger partial charge in [0.25, 0.3) is 5.91 Å². The minimum Gasteiger partial charge on any atom is -0.489 e. The van der Waals surface area contributed by atoms with Gasteiger partial charge in [-0.15, -0.1) is 0 Å². The van der Waals surface area contributed by atoms with Gasteiger partial charge in [0.05, 0.1) is 11.3 Å². The number of carbonyl (C=O) groups excluding carboxylic acids is 1. The molecule has 1 heterocycles. The number of amides is 1. The summed E-state index contributed by atoms with van der Waals surface area (Å²) in [7, 11) is 0. The number of ether oxygens (including phenoxy) is 1. The van der Waals surface area contributed by atoms with Crippen molar-refractivity contribution in [3.63, 3.8) is 0 Å². The molecule has 0 spiro atoms. The Morgan fingerprint density at radius 3 is 2.27 bits per heavy atom. The minimum atomic E-state index is -0.162. The molecule has 4 aromatic carbocycles. The number of anilines is 3. The van der Waals surface area contributed by atoms with Gasteiger partial charge in [0.1, 0.15) is 12.4 Å². The molecule has 5 nitrogen and oxygen atoms in total. The van der Waals surface area contributed by atoms with Crippen LogP contribution in [0.3, 0.4) is 0 Å². The third-order valence-corrected chi connectivity index (χ3v) is 5.47. The third kappa shape index (κ3) is 4.43. The maximum atomic E-state index is 13.0. The molecule has 1 amide bonds. The zero-order valence-electron chi connectivity index (χ0n) is 17.9. The van der Waals surface area contributed by atoms with Crippen LogP contribution in [0.15, 0.2) is 103 Å². The highest BCUT2D eigenvalue weighted by molar-refractivity contribution is 6.37. The Labute approximate surface area is 192 Å². The average molecular weight is 434 g/mol. The van der Waals surface area contributed by atoms with Crippen LogP contribution in [-0.2, 0) is 11.4 Å². The number of hydrogen-bond donors (Lipinski definition) is 3. The van der Waals surface area contributed by atoms with Crippen molar-refractivity contribution in [3.05, 3.63) is 120 Å². The minimum absolute atomic E-state index is 0.162. The van der Waals surface area contributed by atoms with Crippen molar-refractivity contribution >= 4 is 34.2 Å². The first-order valence-electron chi connectivity index (χ1n) is 10.7. The predicted octanol–water partition coefficient (Wildman–Crippen LogP) is 5.78. The summed E-state index contributed by atoms with van der Waals surface area (Å²) in [5.74, 6) is 0.611. The second kappa shape index (κ2) is 8.93. The first-order chi connectivity index (χ1) is 16.2. The molecule has 33 heavy (non-hydrogen) atoms. The van der Waals surface area contributed by atoms with Gasteiger partial charge in [0.15, 0.2) is 0 Å². The summed E-state index contributed by atoms with van der Waals surface area (Å²) in [6.45, 7) is 0.505. The van der Waals surface area contributed by atoms with Crippen LogP contribution in [0.5, 0.6) is 5.75 Å². The van der Waals surface area contributed by atoms with Crippen molar-refractivity contribution in [2.24, 2.45) is 0 Å². The maximum absolute atomic E-state index is 13.0. The molecule has 1 aliphatic rings. The third-order valence-electron chi connectivity index (χ3n) is 5.47. The van der Waals surface area contributed by atoms with Gasteiger partial charge in [-0.1, -0.05) is 60.7 Å². The van der Waals surface area contributed by atoms with Gasteiger partial charge in [-0.2, -0.15) is 0 Å². The molecule has 0 radical (unpaired) electrons. The Kier molecular flexibility index (Phi) is 5.52. The Hall–Kier alpha value is -4.51. The highest BCUT2D eigenvalue weighted by Gasteiger charge is 2.28. The van der Waals surface area contributed by atoms with Gasteiger partial charge in [-0.05, 0) is 53.6 Å². The standard InChI is InChI=1S/C28H23N3O2/c29-21-11-16-25-24(17-21)26(28(32)31-25)27(20-9-5-2-6-10-20)30-22-12-14-23(15-13-22)33-18-19-7-3-1-4-8-19/h1-17,30H,18,29H2,(H,31,32). The summed E-state index contributed by atoms with van der Waals surface area (Å²) in [5.41, 5.74) is 12.3. The van der Waals surface area contributed by atoms with Crippen molar-refractivity contribution in [1.82, 2.24) is 0 Å². The lowest BCUT2D eigenvalue weighted by Crippen LogP contribution is -2.10. The number of nitrogen functional groups attached to an aromatic ring is 1. The molecule has 4 aromatic rings. The first kappa shape index (κ1) is 20.4. The quantitative estimate of drug-likeness (QED) is 0.266. The number of nitrogens with one attached hydrogen (secondary N) is 2. The molecule has 0 unspecified atom stereocenters.